The number of carbonyl (C=O) groups is 2. The van der Waals surface area contributed by atoms with Crippen molar-refractivity contribution in [3.05, 3.63) is 28.2 Å². The normalized spacial score (nSPS) is 10.6. The average Bonchev–Trinajstić information content (AvgIpc) is 2.43. The van der Waals surface area contributed by atoms with Crippen molar-refractivity contribution in [3.63, 3.8) is 0 Å². The van der Waals surface area contributed by atoms with E-state index in [-0.39, 0.29) is 29.6 Å². The predicted octanol–water partition coefficient (Wildman–Crippen LogP) is 4.66. The summed E-state index contributed by atoms with van der Waals surface area (Å²) in [5, 5.41) is 0.520. The molecule has 6 heteroatoms. The van der Waals surface area contributed by atoms with Gasteiger partial charge in [0.25, 0.3) is 0 Å². The van der Waals surface area contributed by atoms with E-state index in [4.69, 9.17) is 32.7 Å². The van der Waals surface area contributed by atoms with Crippen molar-refractivity contribution in [2.75, 3.05) is 6.61 Å². The van der Waals surface area contributed by atoms with Gasteiger partial charge in [0.1, 0.15) is 5.02 Å². The van der Waals surface area contributed by atoms with Gasteiger partial charge < -0.3 is 9.47 Å². The van der Waals surface area contributed by atoms with Crippen molar-refractivity contribution in [1.29, 1.82) is 0 Å². The quantitative estimate of drug-likeness (QED) is 0.507. The summed E-state index contributed by atoms with van der Waals surface area (Å²) in [6.07, 6.45) is 1.51. The molecule has 0 bridgehead atoms. The Hall–Kier alpha value is -1.26. The molecule has 4 nitrogen and oxygen atoms in total. The van der Waals surface area contributed by atoms with Crippen LogP contribution in [0, 0.1) is 5.92 Å². The Balaban J connectivity index is 2.26. The van der Waals surface area contributed by atoms with Crippen molar-refractivity contribution >= 4 is 35.1 Å². The van der Waals surface area contributed by atoms with Gasteiger partial charge in [-0.05, 0) is 30.9 Å². The second-order valence-corrected chi connectivity index (χ2v) is 6.07. The second kappa shape index (κ2) is 9.70. The third-order valence-electron chi connectivity index (χ3n) is 2.86. The maximum absolute atomic E-state index is 11.7. The zero-order chi connectivity index (χ0) is 16.5. The zero-order valence-corrected chi connectivity index (χ0v) is 14.2. The molecule has 1 aromatic carbocycles. The molecule has 0 radical (unpaired) electrons. The van der Waals surface area contributed by atoms with Crippen LogP contribution in [-0.4, -0.2) is 18.5 Å². The molecule has 0 aliphatic heterocycles. The highest BCUT2D eigenvalue weighted by atomic mass is 35.5. The lowest BCUT2D eigenvalue weighted by Crippen LogP contribution is -2.11. The molecule has 22 heavy (non-hydrogen) atoms. The standard InChI is InChI=1S/C16H20Cl2O4/c1-11(2)9-10-21-14(19)7-4-8-15(20)22-13-6-3-5-12(17)16(13)18/h3,5-6,11H,4,7-10H2,1-2H3. The number of carbonyl (C=O) groups excluding carboxylic acids is 2. The Labute approximate surface area is 140 Å². The Morgan fingerprint density at radius 1 is 1.14 bits per heavy atom. The van der Waals surface area contributed by atoms with E-state index in [2.05, 4.69) is 13.8 Å². The topological polar surface area (TPSA) is 52.6 Å². The second-order valence-electron chi connectivity index (χ2n) is 5.28. The number of hydrogen-bond acceptors (Lipinski definition) is 4. The molecule has 0 saturated carbocycles. The molecule has 0 N–H and O–H groups in total. The van der Waals surface area contributed by atoms with Crippen molar-refractivity contribution in [2.24, 2.45) is 5.92 Å². The molecule has 0 unspecified atom stereocenters. The molecule has 0 fully saturated rings. The minimum absolute atomic E-state index is 0.113. The average molecular weight is 347 g/mol. The van der Waals surface area contributed by atoms with Gasteiger partial charge >= 0.3 is 11.9 Å². The number of esters is 2. The molecule has 0 atom stereocenters. The van der Waals surface area contributed by atoms with Gasteiger partial charge in [-0.1, -0.05) is 43.1 Å². The fraction of sp³-hybridized carbons (Fsp3) is 0.500. The van der Waals surface area contributed by atoms with Crippen molar-refractivity contribution < 1.29 is 19.1 Å². The lowest BCUT2D eigenvalue weighted by Gasteiger charge is -2.08. The van der Waals surface area contributed by atoms with Crippen LogP contribution in [0.1, 0.15) is 39.5 Å². The first kappa shape index (κ1) is 18.8. The van der Waals surface area contributed by atoms with Crippen LogP contribution in [0.15, 0.2) is 18.2 Å². The Kier molecular flexibility index (Phi) is 8.28. The largest absolute Gasteiger partial charge is 0.466 e. The number of ether oxygens (including phenoxy) is 2. The minimum Gasteiger partial charge on any atom is -0.466 e. The van der Waals surface area contributed by atoms with Crippen LogP contribution in [0.25, 0.3) is 0 Å². The van der Waals surface area contributed by atoms with Crippen molar-refractivity contribution in [1.82, 2.24) is 0 Å². The summed E-state index contributed by atoms with van der Waals surface area (Å²) in [4.78, 5) is 23.1. The summed E-state index contributed by atoms with van der Waals surface area (Å²) >= 11 is 11.8. The van der Waals surface area contributed by atoms with Gasteiger partial charge in [0.15, 0.2) is 5.75 Å². The van der Waals surface area contributed by atoms with E-state index in [0.717, 1.165) is 6.42 Å². The van der Waals surface area contributed by atoms with Crippen LogP contribution in [0.5, 0.6) is 5.75 Å². The van der Waals surface area contributed by atoms with Crippen LogP contribution < -0.4 is 4.74 Å². The highest BCUT2D eigenvalue weighted by molar-refractivity contribution is 6.43. The highest BCUT2D eigenvalue weighted by Gasteiger charge is 2.12. The van der Waals surface area contributed by atoms with Gasteiger partial charge in [0, 0.05) is 12.8 Å². The molecule has 0 amide bonds. The maximum atomic E-state index is 11.7. The SMILES string of the molecule is CC(C)CCOC(=O)CCCC(=O)Oc1cccc(Cl)c1Cl. The Morgan fingerprint density at radius 3 is 2.50 bits per heavy atom. The molecule has 1 rings (SSSR count). The fourth-order valence-electron chi connectivity index (χ4n) is 1.59. The number of halogens is 2. The highest BCUT2D eigenvalue weighted by Crippen LogP contribution is 2.31. The van der Waals surface area contributed by atoms with Crippen molar-refractivity contribution in [2.45, 2.75) is 39.5 Å². The zero-order valence-electron chi connectivity index (χ0n) is 12.7. The molecular weight excluding hydrogens is 327 g/mol. The van der Waals surface area contributed by atoms with Gasteiger partial charge in [-0.15, -0.1) is 0 Å². The van der Waals surface area contributed by atoms with Crippen LogP contribution in [0.2, 0.25) is 10.0 Å². The molecule has 0 heterocycles. The Morgan fingerprint density at radius 2 is 1.82 bits per heavy atom. The molecule has 0 aliphatic carbocycles. The monoisotopic (exact) mass is 346 g/mol. The van der Waals surface area contributed by atoms with Gasteiger partial charge in [0.2, 0.25) is 0 Å². The fourth-order valence-corrected chi connectivity index (χ4v) is 1.92. The molecule has 122 valence electrons. The summed E-state index contributed by atoms with van der Waals surface area (Å²) in [5.74, 6) is -0.0442. The Bertz CT molecular complexity index is 515. The van der Waals surface area contributed by atoms with Crippen LogP contribution >= 0.6 is 23.2 Å². The van der Waals surface area contributed by atoms with Crippen molar-refractivity contribution in [3.8, 4) is 5.75 Å². The molecular formula is C16H20Cl2O4. The first-order chi connectivity index (χ1) is 10.4. The molecule has 0 saturated heterocycles. The molecule has 0 aliphatic rings. The van der Waals surface area contributed by atoms with Gasteiger partial charge in [-0.25, -0.2) is 0 Å². The summed E-state index contributed by atoms with van der Waals surface area (Å²) in [6.45, 7) is 4.54. The molecule has 1 aromatic rings. The van der Waals surface area contributed by atoms with E-state index < -0.39 is 5.97 Å². The number of rotatable bonds is 8. The van der Waals surface area contributed by atoms with E-state index in [1.54, 1.807) is 18.2 Å². The van der Waals surface area contributed by atoms with E-state index in [1.807, 2.05) is 0 Å². The summed E-state index contributed by atoms with van der Waals surface area (Å²) < 4.78 is 10.2. The smallest absolute Gasteiger partial charge is 0.311 e. The van der Waals surface area contributed by atoms with Crippen LogP contribution in [-0.2, 0) is 14.3 Å². The molecule has 0 aromatic heterocycles. The minimum atomic E-state index is -0.459. The van der Waals surface area contributed by atoms with E-state index in [1.165, 1.54) is 0 Å². The lowest BCUT2D eigenvalue weighted by atomic mass is 10.1. The molecule has 0 spiro atoms. The van der Waals surface area contributed by atoms with Gasteiger partial charge in [-0.2, -0.15) is 0 Å². The van der Waals surface area contributed by atoms with Gasteiger partial charge in [0.05, 0.1) is 11.6 Å². The van der Waals surface area contributed by atoms with Crippen LogP contribution in [0.4, 0.5) is 0 Å². The first-order valence-corrected chi connectivity index (χ1v) is 7.96. The van der Waals surface area contributed by atoms with E-state index in [9.17, 15) is 9.59 Å². The maximum Gasteiger partial charge on any atom is 0.311 e. The lowest BCUT2D eigenvalue weighted by molar-refractivity contribution is -0.144. The van der Waals surface area contributed by atoms with E-state index >= 15 is 0 Å². The van der Waals surface area contributed by atoms with E-state index in [0.29, 0.717) is 24.0 Å². The summed E-state index contributed by atoms with van der Waals surface area (Å²) in [6, 6.07) is 4.81. The number of benzene rings is 1. The summed E-state index contributed by atoms with van der Waals surface area (Å²) in [7, 11) is 0. The summed E-state index contributed by atoms with van der Waals surface area (Å²) in [5.41, 5.74) is 0. The van der Waals surface area contributed by atoms with Gasteiger partial charge in [-0.3, -0.25) is 9.59 Å². The third kappa shape index (κ3) is 7.14. The van der Waals surface area contributed by atoms with Crippen LogP contribution in [0.3, 0.4) is 0 Å². The number of hydrogen-bond donors (Lipinski definition) is 0. The third-order valence-corrected chi connectivity index (χ3v) is 3.66. The predicted molar refractivity (Wildman–Crippen MR) is 86.4 cm³/mol. The first-order valence-electron chi connectivity index (χ1n) is 7.20.